The minimum Gasteiger partial charge on any atom is -0.244 e. The number of nitrogens with zero attached hydrogens (tertiary/aromatic N) is 4. The maximum Gasteiger partial charge on any atom is 0.116 e. The number of hydrogen-bond donors (Lipinski definition) is 0. The molecule has 20 heavy (non-hydrogen) atoms. The van der Waals surface area contributed by atoms with Crippen LogP contribution in [0.1, 0.15) is 0 Å². The molecule has 4 heteroatoms. The molecule has 0 amide bonds. The Bertz CT molecular complexity index is 841. The SMILES string of the molecule is c1ccc2nnc(-c3ccc4ncncc4c3)cc2c1. The van der Waals surface area contributed by atoms with Crippen LogP contribution in [0.3, 0.4) is 0 Å². The van der Waals surface area contributed by atoms with Crippen LogP contribution in [0.15, 0.2) is 61.1 Å². The highest BCUT2D eigenvalue weighted by molar-refractivity contribution is 5.86. The Kier molecular flexibility index (Phi) is 2.39. The van der Waals surface area contributed by atoms with Gasteiger partial charge >= 0.3 is 0 Å². The first-order valence-electron chi connectivity index (χ1n) is 6.33. The lowest BCUT2D eigenvalue weighted by molar-refractivity contribution is 1.08. The van der Waals surface area contributed by atoms with Gasteiger partial charge in [0.2, 0.25) is 0 Å². The molecule has 0 radical (unpaired) electrons. The van der Waals surface area contributed by atoms with Gasteiger partial charge in [0, 0.05) is 22.5 Å². The van der Waals surface area contributed by atoms with Gasteiger partial charge in [0.05, 0.1) is 16.7 Å². The molecular weight excluding hydrogens is 248 g/mol. The molecule has 4 nitrogen and oxygen atoms in total. The maximum atomic E-state index is 4.29. The molecule has 0 saturated heterocycles. The predicted molar refractivity (Wildman–Crippen MR) is 78.1 cm³/mol. The molecule has 0 aliphatic carbocycles. The quantitative estimate of drug-likeness (QED) is 0.526. The van der Waals surface area contributed by atoms with Crippen LogP contribution in [-0.4, -0.2) is 20.2 Å². The molecule has 0 bridgehead atoms. The van der Waals surface area contributed by atoms with E-state index in [1.54, 1.807) is 12.5 Å². The van der Waals surface area contributed by atoms with Gasteiger partial charge in [-0.2, -0.15) is 0 Å². The summed E-state index contributed by atoms with van der Waals surface area (Å²) in [5.41, 5.74) is 3.71. The number of fused-ring (bicyclic) bond motifs is 2. The summed E-state index contributed by atoms with van der Waals surface area (Å²) in [6, 6.07) is 16.0. The van der Waals surface area contributed by atoms with Crippen LogP contribution < -0.4 is 0 Å². The van der Waals surface area contributed by atoms with Gasteiger partial charge in [-0.25, -0.2) is 9.97 Å². The fourth-order valence-corrected chi connectivity index (χ4v) is 2.27. The summed E-state index contributed by atoms with van der Waals surface area (Å²) < 4.78 is 0. The van der Waals surface area contributed by atoms with E-state index in [1.807, 2.05) is 48.5 Å². The van der Waals surface area contributed by atoms with Crippen LogP contribution in [0.4, 0.5) is 0 Å². The Morgan fingerprint density at radius 2 is 1.70 bits per heavy atom. The first-order chi connectivity index (χ1) is 9.90. The molecule has 2 heterocycles. The first-order valence-corrected chi connectivity index (χ1v) is 6.33. The molecule has 0 unspecified atom stereocenters. The lowest BCUT2D eigenvalue weighted by Gasteiger charge is -2.03. The van der Waals surface area contributed by atoms with Crippen LogP contribution in [0.5, 0.6) is 0 Å². The topological polar surface area (TPSA) is 51.6 Å². The number of rotatable bonds is 1. The Labute approximate surface area is 115 Å². The van der Waals surface area contributed by atoms with E-state index in [1.165, 1.54) is 0 Å². The van der Waals surface area contributed by atoms with E-state index in [2.05, 4.69) is 20.2 Å². The van der Waals surface area contributed by atoms with Crippen LogP contribution >= 0.6 is 0 Å². The Balaban J connectivity index is 1.91. The largest absolute Gasteiger partial charge is 0.244 e. The second kappa shape index (κ2) is 4.35. The summed E-state index contributed by atoms with van der Waals surface area (Å²) >= 11 is 0. The van der Waals surface area contributed by atoms with Crippen LogP contribution in [-0.2, 0) is 0 Å². The smallest absolute Gasteiger partial charge is 0.116 e. The minimum absolute atomic E-state index is 0.856. The van der Waals surface area contributed by atoms with E-state index in [0.717, 1.165) is 33.1 Å². The van der Waals surface area contributed by atoms with Crippen molar-refractivity contribution in [3.05, 3.63) is 61.1 Å². The molecule has 0 saturated carbocycles. The highest BCUT2D eigenvalue weighted by atomic mass is 15.1. The van der Waals surface area contributed by atoms with Crippen LogP contribution in [0.2, 0.25) is 0 Å². The summed E-state index contributed by atoms with van der Waals surface area (Å²) in [6.45, 7) is 0. The van der Waals surface area contributed by atoms with Gasteiger partial charge in [0.1, 0.15) is 6.33 Å². The maximum absolute atomic E-state index is 4.29. The van der Waals surface area contributed by atoms with Crippen molar-refractivity contribution < 1.29 is 0 Å². The van der Waals surface area contributed by atoms with E-state index in [-0.39, 0.29) is 0 Å². The summed E-state index contributed by atoms with van der Waals surface area (Å²) in [6.07, 6.45) is 3.36. The zero-order chi connectivity index (χ0) is 13.4. The third-order valence-corrected chi connectivity index (χ3v) is 3.29. The summed E-state index contributed by atoms with van der Waals surface area (Å²) in [7, 11) is 0. The molecule has 0 aliphatic heterocycles. The summed E-state index contributed by atoms with van der Waals surface area (Å²) in [4.78, 5) is 8.27. The van der Waals surface area contributed by atoms with Crippen LogP contribution in [0, 0.1) is 0 Å². The fraction of sp³-hybridized carbons (Fsp3) is 0. The fourth-order valence-electron chi connectivity index (χ4n) is 2.27. The van der Waals surface area contributed by atoms with Crippen molar-refractivity contribution in [2.75, 3.05) is 0 Å². The normalized spacial score (nSPS) is 11.0. The monoisotopic (exact) mass is 258 g/mol. The number of aromatic nitrogens is 4. The molecule has 2 aromatic heterocycles. The standard InChI is InChI=1S/C16H10N4/c1-2-4-15-11(3-1)8-16(20-19-15)12-5-6-14-13(7-12)9-17-10-18-14/h1-10H. The van der Waals surface area contributed by atoms with Crippen molar-refractivity contribution in [2.45, 2.75) is 0 Å². The Morgan fingerprint density at radius 1 is 0.750 bits per heavy atom. The van der Waals surface area contributed by atoms with Gasteiger partial charge in [0.25, 0.3) is 0 Å². The molecule has 2 aromatic carbocycles. The number of benzene rings is 2. The average molecular weight is 258 g/mol. The Morgan fingerprint density at radius 3 is 2.70 bits per heavy atom. The molecule has 0 spiro atoms. The van der Waals surface area contributed by atoms with Crippen molar-refractivity contribution in [1.29, 1.82) is 0 Å². The lowest BCUT2D eigenvalue weighted by atomic mass is 10.1. The first kappa shape index (κ1) is 11.0. The predicted octanol–water partition coefficient (Wildman–Crippen LogP) is 3.24. The Hall–Kier alpha value is -2.88. The van der Waals surface area contributed by atoms with E-state index < -0.39 is 0 Å². The third kappa shape index (κ3) is 1.78. The van der Waals surface area contributed by atoms with Gasteiger partial charge in [0.15, 0.2) is 0 Å². The van der Waals surface area contributed by atoms with Gasteiger partial charge in [-0.05, 0) is 24.3 Å². The summed E-state index contributed by atoms with van der Waals surface area (Å²) in [5, 5.41) is 10.6. The van der Waals surface area contributed by atoms with Crippen molar-refractivity contribution >= 4 is 21.8 Å². The molecule has 4 rings (SSSR count). The summed E-state index contributed by atoms with van der Waals surface area (Å²) in [5.74, 6) is 0. The second-order valence-electron chi connectivity index (χ2n) is 4.58. The highest BCUT2D eigenvalue weighted by Gasteiger charge is 2.04. The number of hydrogen-bond acceptors (Lipinski definition) is 4. The zero-order valence-corrected chi connectivity index (χ0v) is 10.6. The molecule has 4 aromatic rings. The van der Waals surface area contributed by atoms with Gasteiger partial charge in [-0.1, -0.05) is 24.3 Å². The highest BCUT2D eigenvalue weighted by Crippen LogP contribution is 2.23. The van der Waals surface area contributed by atoms with Crippen LogP contribution in [0.25, 0.3) is 33.1 Å². The molecule has 0 N–H and O–H groups in total. The third-order valence-electron chi connectivity index (χ3n) is 3.29. The van der Waals surface area contributed by atoms with Crippen molar-refractivity contribution in [3.8, 4) is 11.3 Å². The zero-order valence-electron chi connectivity index (χ0n) is 10.6. The molecule has 0 aliphatic rings. The van der Waals surface area contributed by atoms with E-state index >= 15 is 0 Å². The second-order valence-corrected chi connectivity index (χ2v) is 4.58. The van der Waals surface area contributed by atoms with Gasteiger partial charge in [-0.15, -0.1) is 10.2 Å². The van der Waals surface area contributed by atoms with Gasteiger partial charge < -0.3 is 0 Å². The van der Waals surface area contributed by atoms with Crippen molar-refractivity contribution in [2.24, 2.45) is 0 Å². The molecule has 94 valence electrons. The molecule has 0 fully saturated rings. The minimum atomic E-state index is 0.856. The van der Waals surface area contributed by atoms with E-state index in [0.29, 0.717) is 0 Å². The average Bonchev–Trinajstić information content (AvgIpc) is 2.54. The van der Waals surface area contributed by atoms with E-state index in [9.17, 15) is 0 Å². The van der Waals surface area contributed by atoms with E-state index in [4.69, 9.17) is 0 Å². The van der Waals surface area contributed by atoms with Crippen molar-refractivity contribution in [1.82, 2.24) is 20.2 Å². The van der Waals surface area contributed by atoms with Gasteiger partial charge in [-0.3, -0.25) is 0 Å². The molecule has 0 atom stereocenters. The van der Waals surface area contributed by atoms with Crippen molar-refractivity contribution in [3.63, 3.8) is 0 Å². The lowest BCUT2D eigenvalue weighted by Crippen LogP contribution is -1.89. The molecular formula is C16H10N4.